The molecule has 10 heteroatoms. The molecule has 0 bridgehead atoms. The number of amides is 2. The highest BCUT2D eigenvalue weighted by Crippen LogP contribution is 2.34. The zero-order valence-electron chi connectivity index (χ0n) is 19.7. The highest BCUT2D eigenvalue weighted by atomic mass is 32.2. The second-order valence-electron chi connectivity index (χ2n) is 7.85. The van der Waals surface area contributed by atoms with Crippen LogP contribution in [0.2, 0.25) is 0 Å². The van der Waals surface area contributed by atoms with E-state index in [1.165, 1.54) is 37.8 Å². The van der Waals surface area contributed by atoms with Crippen LogP contribution in [0.5, 0.6) is 17.2 Å². The largest absolute Gasteiger partial charge is 0.497 e. The van der Waals surface area contributed by atoms with E-state index in [1.54, 1.807) is 48.5 Å². The molecule has 35 heavy (non-hydrogen) atoms. The van der Waals surface area contributed by atoms with Gasteiger partial charge in [-0.3, -0.25) is 4.31 Å². The van der Waals surface area contributed by atoms with E-state index >= 15 is 0 Å². The molecular formula is C25H27N3O6S. The summed E-state index contributed by atoms with van der Waals surface area (Å²) >= 11 is 0. The topological polar surface area (TPSA) is 106 Å². The lowest BCUT2D eigenvalue weighted by molar-refractivity contribution is 0.262. The Labute approximate surface area is 204 Å². The third-order valence-corrected chi connectivity index (χ3v) is 7.53. The Kier molecular flexibility index (Phi) is 7.02. The Balaban J connectivity index is 1.51. The minimum atomic E-state index is -3.73. The summed E-state index contributed by atoms with van der Waals surface area (Å²) in [6.45, 7) is 0.383. The molecule has 1 aliphatic heterocycles. The Bertz CT molecular complexity index is 1330. The van der Waals surface area contributed by atoms with Gasteiger partial charge in [0.05, 0.1) is 31.9 Å². The van der Waals surface area contributed by atoms with Crippen molar-refractivity contribution in [2.75, 3.05) is 42.8 Å². The zero-order valence-corrected chi connectivity index (χ0v) is 20.5. The van der Waals surface area contributed by atoms with Crippen molar-refractivity contribution in [1.29, 1.82) is 0 Å². The summed E-state index contributed by atoms with van der Waals surface area (Å²) < 4.78 is 43.6. The SMILES string of the molecule is COc1ccc(S(=O)(=O)N2CCCc3cc(NC(=O)Nc4ccc(OC)c(OC)c4)ccc32)cc1. The van der Waals surface area contributed by atoms with Gasteiger partial charge >= 0.3 is 6.03 Å². The molecule has 0 radical (unpaired) electrons. The lowest BCUT2D eigenvalue weighted by atomic mass is 10.0. The molecule has 9 nitrogen and oxygen atoms in total. The molecule has 2 amide bonds. The number of carbonyl (C=O) groups is 1. The number of carbonyl (C=O) groups excluding carboxylic acids is 1. The first-order valence-electron chi connectivity index (χ1n) is 11.0. The number of anilines is 3. The fraction of sp³-hybridized carbons (Fsp3) is 0.240. The molecule has 4 rings (SSSR count). The highest BCUT2D eigenvalue weighted by Gasteiger charge is 2.29. The number of nitrogens with one attached hydrogen (secondary N) is 2. The molecule has 3 aromatic carbocycles. The van der Waals surface area contributed by atoms with Gasteiger partial charge in [0.1, 0.15) is 5.75 Å². The fourth-order valence-electron chi connectivity index (χ4n) is 3.97. The first kappa shape index (κ1) is 24.2. The van der Waals surface area contributed by atoms with E-state index in [1.807, 2.05) is 0 Å². The van der Waals surface area contributed by atoms with Gasteiger partial charge in [0, 0.05) is 24.0 Å². The van der Waals surface area contributed by atoms with Crippen LogP contribution in [0.1, 0.15) is 12.0 Å². The predicted octanol–water partition coefficient (Wildman–Crippen LogP) is 4.50. The summed E-state index contributed by atoms with van der Waals surface area (Å²) in [4.78, 5) is 12.8. The van der Waals surface area contributed by atoms with Crippen molar-refractivity contribution >= 4 is 33.1 Å². The number of ether oxygens (including phenoxy) is 3. The van der Waals surface area contributed by atoms with Crippen LogP contribution in [-0.4, -0.2) is 42.3 Å². The molecule has 0 saturated heterocycles. The minimum Gasteiger partial charge on any atom is -0.497 e. The van der Waals surface area contributed by atoms with Crippen molar-refractivity contribution in [1.82, 2.24) is 0 Å². The van der Waals surface area contributed by atoms with Crippen LogP contribution < -0.4 is 29.1 Å². The summed E-state index contributed by atoms with van der Waals surface area (Å²) in [5.41, 5.74) is 2.55. The second-order valence-corrected chi connectivity index (χ2v) is 9.71. The van der Waals surface area contributed by atoms with E-state index in [0.29, 0.717) is 53.7 Å². The smallest absolute Gasteiger partial charge is 0.323 e. The van der Waals surface area contributed by atoms with Crippen molar-refractivity contribution in [3.63, 3.8) is 0 Å². The van der Waals surface area contributed by atoms with E-state index in [4.69, 9.17) is 14.2 Å². The Morgan fingerprint density at radius 1 is 0.829 bits per heavy atom. The van der Waals surface area contributed by atoms with Crippen LogP contribution in [0.4, 0.5) is 21.9 Å². The number of urea groups is 1. The molecule has 0 unspecified atom stereocenters. The molecule has 0 saturated carbocycles. The molecule has 1 aliphatic rings. The summed E-state index contributed by atoms with van der Waals surface area (Å²) in [6, 6.07) is 16.2. The summed E-state index contributed by atoms with van der Waals surface area (Å²) in [7, 11) is 0.858. The average Bonchev–Trinajstić information content (AvgIpc) is 2.88. The first-order chi connectivity index (χ1) is 16.8. The van der Waals surface area contributed by atoms with E-state index in [2.05, 4.69) is 10.6 Å². The van der Waals surface area contributed by atoms with Crippen molar-refractivity contribution < 1.29 is 27.4 Å². The van der Waals surface area contributed by atoms with Crippen LogP contribution in [0.15, 0.2) is 65.6 Å². The summed E-state index contributed by atoms with van der Waals surface area (Å²) in [5.74, 6) is 1.64. The van der Waals surface area contributed by atoms with Gasteiger partial charge in [-0.1, -0.05) is 0 Å². The number of rotatable bonds is 7. The molecule has 0 aliphatic carbocycles. The van der Waals surface area contributed by atoms with Gasteiger partial charge in [-0.05, 0) is 73.0 Å². The number of aryl methyl sites for hydroxylation is 1. The van der Waals surface area contributed by atoms with Crippen molar-refractivity contribution in [3.8, 4) is 17.2 Å². The average molecular weight is 498 g/mol. The number of methoxy groups -OCH3 is 3. The highest BCUT2D eigenvalue weighted by molar-refractivity contribution is 7.92. The third-order valence-electron chi connectivity index (χ3n) is 5.70. The molecule has 0 spiro atoms. The van der Waals surface area contributed by atoms with Crippen molar-refractivity contribution in [3.05, 3.63) is 66.2 Å². The van der Waals surface area contributed by atoms with Gasteiger partial charge in [0.25, 0.3) is 10.0 Å². The minimum absolute atomic E-state index is 0.197. The van der Waals surface area contributed by atoms with Gasteiger partial charge in [0.2, 0.25) is 0 Å². The Hall–Kier alpha value is -3.92. The van der Waals surface area contributed by atoms with Gasteiger partial charge < -0.3 is 24.8 Å². The summed E-state index contributed by atoms with van der Waals surface area (Å²) in [5, 5.41) is 5.56. The van der Waals surface area contributed by atoms with Crippen LogP contribution >= 0.6 is 0 Å². The van der Waals surface area contributed by atoms with E-state index < -0.39 is 16.1 Å². The lowest BCUT2D eigenvalue weighted by Crippen LogP contribution is -2.35. The Morgan fingerprint density at radius 3 is 2.14 bits per heavy atom. The third kappa shape index (κ3) is 5.12. The normalized spacial score (nSPS) is 12.9. The number of nitrogens with zero attached hydrogens (tertiary/aromatic N) is 1. The van der Waals surface area contributed by atoms with E-state index in [0.717, 1.165) is 5.56 Å². The predicted molar refractivity (Wildman–Crippen MR) is 134 cm³/mol. The number of sulfonamides is 1. The quantitative estimate of drug-likeness (QED) is 0.498. The standard InChI is InChI=1S/C25H27N3O6S/c1-32-20-8-10-21(11-9-20)35(30,31)28-14-4-5-17-15-18(6-12-22(17)28)26-25(29)27-19-7-13-23(33-2)24(16-19)34-3/h6-13,15-16H,4-5,14H2,1-3H3,(H2,26,27,29). The summed E-state index contributed by atoms with van der Waals surface area (Å²) in [6.07, 6.45) is 1.38. The lowest BCUT2D eigenvalue weighted by Gasteiger charge is -2.31. The molecule has 184 valence electrons. The number of hydrogen-bond acceptors (Lipinski definition) is 6. The molecule has 1 heterocycles. The van der Waals surface area contributed by atoms with Gasteiger partial charge in [0.15, 0.2) is 11.5 Å². The maximum atomic E-state index is 13.3. The van der Waals surface area contributed by atoms with Crippen LogP contribution in [0.3, 0.4) is 0 Å². The maximum absolute atomic E-state index is 13.3. The van der Waals surface area contributed by atoms with Gasteiger partial charge in [-0.15, -0.1) is 0 Å². The molecule has 0 fully saturated rings. The molecule has 2 N–H and O–H groups in total. The number of hydrogen-bond donors (Lipinski definition) is 2. The van der Waals surface area contributed by atoms with Gasteiger partial charge in [-0.2, -0.15) is 0 Å². The Morgan fingerprint density at radius 2 is 1.49 bits per heavy atom. The number of benzene rings is 3. The van der Waals surface area contributed by atoms with Crippen molar-refractivity contribution in [2.24, 2.45) is 0 Å². The number of fused-ring (bicyclic) bond motifs is 1. The fourth-order valence-corrected chi connectivity index (χ4v) is 5.51. The first-order valence-corrected chi connectivity index (χ1v) is 12.4. The van der Waals surface area contributed by atoms with E-state index in [-0.39, 0.29) is 4.90 Å². The molecule has 3 aromatic rings. The van der Waals surface area contributed by atoms with E-state index in [9.17, 15) is 13.2 Å². The molecule has 0 atom stereocenters. The van der Waals surface area contributed by atoms with Crippen molar-refractivity contribution in [2.45, 2.75) is 17.7 Å². The molecular weight excluding hydrogens is 470 g/mol. The zero-order chi connectivity index (χ0) is 25.0. The molecule has 0 aromatic heterocycles. The second kappa shape index (κ2) is 10.1. The van der Waals surface area contributed by atoms with Crippen LogP contribution in [0.25, 0.3) is 0 Å². The maximum Gasteiger partial charge on any atom is 0.323 e. The monoisotopic (exact) mass is 497 g/mol. The van der Waals surface area contributed by atoms with Crippen LogP contribution in [0, 0.1) is 0 Å². The van der Waals surface area contributed by atoms with Gasteiger partial charge in [-0.25, -0.2) is 13.2 Å². The van der Waals surface area contributed by atoms with Crippen LogP contribution in [-0.2, 0) is 16.4 Å².